The topological polar surface area (TPSA) is 17.1 Å². The Labute approximate surface area is 93.8 Å². The fourth-order valence-corrected chi connectivity index (χ4v) is 2.68. The predicted molar refractivity (Wildman–Crippen MR) is 61.2 cm³/mol. The van der Waals surface area contributed by atoms with Crippen molar-refractivity contribution in [1.82, 2.24) is 0 Å². The molecule has 0 bridgehead atoms. The van der Waals surface area contributed by atoms with Gasteiger partial charge in [0.1, 0.15) is 6.29 Å². The van der Waals surface area contributed by atoms with Gasteiger partial charge < -0.3 is 4.79 Å². The summed E-state index contributed by atoms with van der Waals surface area (Å²) in [4.78, 5) is 10.1. The van der Waals surface area contributed by atoms with Gasteiger partial charge in [0.2, 0.25) is 0 Å². The van der Waals surface area contributed by atoms with Crippen molar-refractivity contribution < 1.29 is 4.79 Å². The van der Waals surface area contributed by atoms with E-state index in [4.69, 9.17) is 0 Å². The highest BCUT2D eigenvalue weighted by Gasteiger charge is 1.96. The lowest BCUT2D eigenvalue weighted by atomic mass is 10.1. The van der Waals surface area contributed by atoms with Gasteiger partial charge in [-0.15, -0.1) is 0 Å². The van der Waals surface area contributed by atoms with Crippen molar-refractivity contribution in [2.24, 2.45) is 0 Å². The zero-order valence-electron chi connectivity index (χ0n) is 6.39. The van der Waals surface area contributed by atoms with E-state index in [0.29, 0.717) is 6.42 Å². The molecular formula is C9H8BrIO. The Morgan fingerprint density at radius 2 is 2.17 bits per heavy atom. The fourth-order valence-electron chi connectivity index (χ4n) is 0.981. The number of aldehydes is 1. The first-order valence-electron chi connectivity index (χ1n) is 3.61. The SMILES string of the molecule is O=CCCc1cc(Br)cc(I)c1. The maximum absolute atomic E-state index is 10.1. The number of hydrogen-bond acceptors (Lipinski definition) is 1. The third kappa shape index (κ3) is 3.23. The predicted octanol–water partition coefficient (Wildman–Crippen LogP) is 3.19. The van der Waals surface area contributed by atoms with Gasteiger partial charge in [-0.05, 0) is 52.8 Å². The lowest BCUT2D eigenvalue weighted by Crippen LogP contribution is -1.87. The number of hydrogen-bond donors (Lipinski definition) is 0. The summed E-state index contributed by atoms with van der Waals surface area (Å²) in [5.74, 6) is 0. The van der Waals surface area contributed by atoms with E-state index in [0.717, 1.165) is 17.2 Å². The van der Waals surface area contributed by atoms with E-state index in [1.165, 1.54) is 9.13 Å². The number of aryl methyl sites for hydroxylation is 1. The van der Waals surface area contributed by atoms with Crippen LogP contribution in [0.3, 0.4) is 0 Å². The Bertz CT molecular complexity index is 266. The van der Waals surface area contributed by atoms with Gasteiger partial charge in [0.25, 0.3) is 0 Å². The zero-order chi connectivity index (χ0) is 8.97. The molecule has 0 saturated heterocycles. The van der Waals surface area contributed by atoms with Gasteiger partial charge >= 0.3 is 0 Å². The Morgan fingerprint density at radius 3 is 2.75 bits per heavy atom. The van der Waals surface area contributed by atoms with E-state index in [9.17, 15) is 4.79 Å². The molecule has 1 nitrogen and oxygen atoms in total. The Morgan fingerprint density at radius 1 is 1.42 bits per heavy atom. The second kappa shape index (κ2) is 4.97. The lowest BCUT2D eigenvalue weighted by molar-refractivity contribution is -0.107. The number of carbonyl (C=O) groups is 1. The molecule has 0 spiro atoms. The van der Waals surface area contributed by atoms with Crippen LogP contribution in [0, 0.1) is 3.57 Å². The van der Waals surface area contributed by atoms with Crippen LogP contribution in [0.5, 0.6) is 0 Å². The number of carbonyl (C=O) groups excluding carboxylic acids is 1. The Hall–Kier alpha value is 0.1000. The molecule has 0 aliphatic heterocycles. The standard InChI is InChI=1S/C9H8BrIO/c10-8-4-7(2-1-3-12)5-9(11)6-8/h3-6H,1-2H2. The normalized spacial score (nSPS) is 9.83. The minimum atomic E-state index is 0.604. The van der Waals surface area contributed by atoms with Crippen molar-refractivity contribution in [3.8, 4) is 0 Å². The van der Waals surface area contributed by atoms with E-state index in [2.05, 4.69) is 44.6 Å². The molecular weight excluding hydrogens is 331 g/mol. The van der Waals surface area contributed by atoms with Crippen LogP contribution in [-0.2, 0) is 11.2 Å². The summed E-state index contributed by atoms with van der Waals surface area (Å²) in [6.45, 7) is 0. The van der Waals surface area contributed by atoms with Crippen LogP contribution in [0.25, 0.3) is 0 Å². The summed E-state index contributed by atoms with van der Waals surface area (Å²) < 4.78 is 2.28. The quantitative estimate of drug-likeness (QED) is 0.611. The molecule has 0 radical (unpaired) electrons. The van der Waals surface area contributed by atoms with Gasteiger partial charge in [0.05, 0.1) is 0 Å². The van der Waals surface area contributed by atoms with Crippen LogP contribution in [0.1, 0.15) is 12.0 Å². The molecule has 3 heteroatoms. The molecule has 0 atom stereocenters. The van der Waals surface area contributed by atoms with E-state index in [1.807, 2.05) is 12.1 Å². The van der Waals surface area contributed by atoms with Crippen LogP contribution in [0.15, 0.2) is 22.7 Å². The molecule has 0 unspecified atom stereocenters. The van der Waals surface area contributed by atoms with E-state index >= 15 is 0 Å². The van der Waals surface area contributed by atoms with E-state index in [-0.39, 0.29) is 0 Å². The molecule has 0 N–H and O–H groups in total. The first-order valence-corrected chi connectivity index (χ1v) is 5.48. The highest BCUT2D eigenvalue weighted by molar-refractivity contribution is 14.1. The second-order valence-corrected chi connectivity index (χ2v) is 4.64. The summed E-state index contributed by atoms with van der Waals surface area (Å²) in [5, 5.41) is 0. The smallest absolute Gasteiger partial charge is 0.120 e. The minimum absolute atomic E-state index is 0.604. The highest BCUT2D eigenvalue weighted by Crippen LogP contribution is 2.17. The van der Waals surface area contributed by atoms with Crippen LogP contribution >= 0.6 is 38.5 Å². The van der Waals surface area contributed by atoms with Gasteiger partial charge in [0.15, 0.2) is 0 Å². The molecule has 1 rings (SSSR count). The van der Waals surface area contributed by atoms with Crippen molar-refractivity contribution >= 4 is 44.8 Å². The molecule has 0 aromatic heterocycles. The molecule has 0 saturated carbocycles. The second-order valence-electron chi connectivity index (χ2n) is 2.48. The molecule has 0 fully saturated rings. The number of benzene rings is 1. The lowest BCUT2D eigenvalue weighted by Gasteiger charge is -1.99. The molecule has 12 heavy (non-hydrogen) atoms. The van der Waals surface area contributed by atoms with E-state index in [1.54, 1.807) is 0 Å². The molecule has 64 valence electrons. The highest BCUT2D eigenvalue weighted by atomic mass is 127. The average Bonchev–Trinajstić information content (AvgIpc) is 1.99. The summed E-state index contributed by atoms with van der Waals surface area (Å²) in [5.41, 5.74) is 1.21. The minimum Gasteiger partial charge on any atom is -0.303 e. The maximum Gasteiger partial charge on any atom is 0.120 e. The van der Waals surface area contributed by atoms with Crippen LogP contribution in [0.2, 0.25) is 0 Å². The zero-order valence-corrected chi connectivity index (χ0v) is 10.1. The first kappa shape index (κ1) is 10.2. The molecule has 0 heterocycles. The third-order valence-corrected chi connectivity index (χ3v) is 2.55. The van der Waals surface area contributed by atoms with Crippen molar-refractivity contribution in [1.29, 1.82) is 0 Å². The van der Waals surface area contributed by atoms with Crippen molar-refractivity contribution in [3.63, 3.8) is 0 Å². The van der Waals surface area contributed by atoms with Crippen molar-refractivity contribution in [3.05, 3.63) is 31.8 Å². The largest absolute Gasteiger partial charge is 0.303 e. The first-order chi connectivity index (χ1) is 5.72. The van der Waals surface area contributed by atoms with Crippen molar-refractivity contribution in [2.75, 3.05) is 0 Å². The molecule has 0 aliphatic carbocycles. The van der Waals surface area contributed by atoms with Crippen LogP contribution < -0.4 is 0 Å². The fraction of sp³-hybridized carbons (Fsp3) is 0.222. The van der Waals surface area contributed by atoms with Crippen molar-refractivity contribution in [2.45, 2.75) is 12.8 Å². The summed E-state index contributed by atoms with van der Waals surface area (Å²) in [7, 11) is 0. The molecule has 0 amide bonds. The Kier molecular flexibility index (Phi) is 4.21. The summed E-state index contributed by atoms with van der Waals surface area (Å²) in [6.07, 6.45) is 2.39. The van der Waals surface area contributed by atoms with Gasteiger partial charge in [-0.25, -0.2) is 0 Å². The Balaban J connectivity index is 2.78. The van der Waals surface area contributed by atoms with Gasteiger partial charge in [-0.2, -0.15) is 0 Å². The number of rotatable bonds is 3. The maximum atomic E-state index is 10.1. The van der Waals surface area contributed by atoms with Crippen LogP contribution in [0.4, 0.5) is 0 Å². The number of halogens is 2. The average molecular weight is 339 g/mol. The van der Waals surface area contributed by atoms with Crippen LogP contribution in [-0.4, -0.2) is 6.29 Å². The van der Waals surface area contributed by atoms with E-state index < -0.39 is 0 Å². The molecule has 1 aromatic carbocycles. The third-order valence-electron chi connectivity index (χ3n) is 1.47. The van der Waals surface area contributed by atoms with Gasteiger partial charge in [-0.3, -0.25) is 0 Å². The molecule has 1 aromatic rings. The summed E-state index contributed by atoms with van der Waals surface area (Å²) in [6, 6.07) is 6.19. The summed E-state index contributed by atoms with van der Waals surface area (Å²) >= 11 is 5.68. The molecule has 0 aliphatic rings. The monoisotopic (exact) mass is 338 g/mol. The van der Waals surface area contributed by atoms with Gasteiger partial charge in [0, 0.05) is 14.5 Å². The van der Waals surface area contributed by atoms with Gasteiger partial charge in [-0.1, -0.05) is 15.9 Å².